The molecule has 1 N–H and O–H groups in total. The molecule has 0 radical (unpaired) electrons. The first-order valence-electron chi connectivity index (χ1n) is 6.80. The Morgan fingerprint density at radius 3 is 2.67 bits per heavy atom. The van der Waals surface area contributed by atoms with Gasteiger partial charge in [-0.3, -0.25) is 0 Å². The summed E-state index contributed by atoms with van der Waals surface area (Å²) in [5, 5.41) is 3.42. The van der Waals surface area contributed by atoms with Gasteiger partial charge in [-0.15, -0.1) is 0 Å². The molecule has 1 aromatic rings. The van der Waals surface area contributed by atoms with Crippen molar-refractivity contribution in [2.24, 2.45) is 5.92 Å². The minimum absolute atomic E-state index is 0.249. The van der Waals surface area contributed by atoms with E-state index in [2.05, 4.69) is 12.2 Å². The quantitative estimate of drug-likeness (QED) is 0.817. The van der Waals surface area contributed by atoms with Crippen molar-refractivity contribution < 1.29 is 8.78 Å². The number of hydrogen-bond acceptors (Lipinski definition) is 1. The Balaban J connectivity index is 2.02. The third-order valence-electron chi connectivity index (χ3n) is 3.74. The van der Waals surface area contributed by atoms with Crippen molar-refractivity contribution in [1.29, 1.82) is 0 Å². The number of hydrogen-bond donors (Lipinski definition) is 1. The molecule has 1 atom stereocenters. The predicted octanol–water partition coefficient (Wildman–Crippen LogP) is 3.59. The largest absolute Gasteiger partial charge is 0.314 e. The van der Waals surface area contributed by atoms with E-state index in [0.717, 1.165) is 13.0 Å². The van der Waals surface area contributed by atoms with Gasteiger partial charge in [0, 0.05) is 11.6 Å². The fourth-order valence-electron chi connectivity index (χ4n) is 2.51. The Labute approximate surface area is 108 Å². The first kappa shape index (κ1) is 13.5. The van der Waals surface area contributed by atoms with Gasteiger partial charge in [0.1, 0.15) is 11.6 Å². The molecule has 3 heteroatoms. The van der Waals surface area contributed by atoms with E-state index in [-0.39, 0.29) is 11.4 Å². The Hall–Kier alpha value is -0.960. The molecule has 1 aliphatic carbocycles. The fraction of sp³-hybridized carbons (Fsp3) is 0.600. The van der Waals surface area contributed by atoms with Crippen LogP contribution < -0.4 is 5.32 Å². The van der Waals surface area contributed by atoms with Crippen LogP contribution in [-0.4, -0.2) is 12.6 Å². The third-order valence-corrected chi connectivity index (χ3v) is 3.74. The smallest absolute Gasteiger partial charge is 0.132 e. The van der Waals surface area contributed by atoms with Crippen molar-refractivity contribution in [2.45, 2.75) is 45.6 Å². The summed E-state index contributed by atoms with van der Waals surface area (Å²) < 4.78 is 27.5. The van der Waals surface area contributed by atoms with E-state index in [0.29, 0.717) is 23.9 Å². The first-order chi connectivity index (χ1) is 8.63. The fourth-order valence-corrected chi connectivity index (χ4v) is 2.51. The van der Waals surface area contributed by atoms with Gasteiger partial charge in [-0.2, -0.15) is 0 Å². The molecule has 1 saturated carbocycles. The van der Waals surface area contributed by atoms with Gasteiger partial charge in [-0.1, -0.05) is 13.0 Å². The predicted molar refractivity (Wildman–Crippen MR) is 69.6 cm³/mol. The van der Waals surface area contributed by atoms with Crippen LogP contribution in [0.25, 0.3) is 0 Å². The van der Waals surface area contributed by atoms with Gasteiger partial charge in [0.15, 0.2) is 0 Å². The topological polar surface area (TPSA) is 12.0 Å². The minimum atomic E-state index is -0.413. The van der Waals surface area contributed by atoms with Gasteiger partial charge < -0.3 is 5.32 Å². The average Bonchev–Trinajstić information content (AvgIpc) is 3.17. The highest BCUT2D eigenvalue weighted by Crippen LogP contribution is 2.34. The molecular formula is C15H21F2N. The number of halogens is 2. The number of nitrogens with one attached hydrogen (secondary N) is 1. The molecule has 100 valence electrons. The van der Waals surface area contributed by atoms with Gasteiger partial charge >= 0.3 is 0 Å². The second kappa shape index (κ2) is 5.79. The molecule has 0 spiro atoms. The summed E-state index contributed by atoms with van der Waals surface area (Å²) >= 11 is 0. The van der Waals surface area contributed by atoms with Crippen molar-refractivity contribution in [3.05, 3.63) is 34.9 Å². The van der Waals surface area contributed by atoms with E-state index in [1.54, 1.807) is 6.92 Å². The van der Waals surface area contributed by atoms with Crippen LogP contribution in [0.15, 0.2) is 12.1 Å². The number of rotatable bonds is 6. The van der Waals surface area contributed by atoms with Gasteiger partial charge in [-0.25, -0.2) is 8.78 Å². The van der Waals surface area contributed by atoms with Gasteiger partial charge in [-0.05, 0) is 56.7 Å². The van der Waals surface area contributed by atoms with Crippen molar-refractivity contribution >= 4 is 0 Å². The summed E-state index contributed by atoms with van der Waals surface area (Å²) in [5.41, 5.74) is 0.774. The summed E-state index contributed by atoms with van der Waals surface area (Å²) in [5.74, 6) is -0.0777. The normalized spacial score (nSPS) is 16.9. The van der Waals surface area contributed by atoms with Crippen LogP contribution in [-0.2, 0) is 6.42 Å². The molecule has 1 fully saturated rings. The highest BCUT2D eigenvalue weighted by Gasteiger charge is 2.30. The van der Waals surface area contributed by atoms with Crippen LogP contribution in [0.5, 0.6) is 0 Å². The van der Waals surface area contributed by atoms with Gasteiger partial charge in [0.2, 0.25) is 0 Å². The lowest BCUT2D eigenvalue weighted by atomic mass is 9.99. The molecule has 1 aromatic carbocycles. The zero-order valence-corrected chi connectivity index (χ0v) is 11.1. The third kappa shape index (κ3) is 3.08. The second-order valence-corrected chi connectivity index (χ2v) is 5.20. The zero-order valence-electron chi connectivity index (χ0n) is 11.1. The lowest BCUT2D eigenvalue weighted by Gasteiger charge is -2.17. The van der Waals surface area contributed by atoms with Crippen molar-refractivity contribution in [2.75, 3.05) is 6.54 Å². The van der Waals surface area contributed by atoms with Crippen molar-refractivity contribution in [3.8, 4) is 0 Å². The van der Waals surface area contributed by atoms with E-state index in [1.807, 2.05) is 0 Å². The molecule has 1 aliphatic rings. The number of aryl methyl sites for hydroxylation is 1. The zero-order chi connectivity index (χ0) is 13.1. The lowest BCUT2D eigenvalue weighted by Crippen LogP contribution is -2.31. The minimum Gasteiger partial charge on any atom is -0.314 e. The molecule has 18 heavy (non-hydrogen) atoms. The van der Waals surface area contributed by atoms with E-state index < -0.39 is 5.82 Å². The number of benzene rings is 1. The maximum Gasteiger partial charge on any atom is 0.132 e. The van der Waals surface area contributed by atoms with Crippen LogP contribution in [0.4, 0.5) is 8.78 Å². The molecule has 0 saturated heterocycles. The maximum atomic E-state index is 13.9. The van der Waals surface area contributed by atoms with E-state index >= 15 is 0 Å². The van der Waals surface area contributed by atoms with Crippen LogP contribution >= 0.6 is 0 Å². The summed E-state index contributed by atoms with van der Waals surface area (Å²) in [4.78, 5) is 0. The lowest BCUT2D eigenvalue weighted by molar-refractivity contribution is 0.436. The summed E-state index contributed by atoms with van der Waals surface area (Å²) in [6.07, 6.45) is 3.79. The van der Waals surface area contributed by atoms with Crippen LogP contribution in [0.2, 0.25) is 0 Å². The van der Waals surface area contributed by atoms with Crippen LogP contribution in [0, 0.1) is 24.5 Å². The standard InChI is InChI=1S/C15H21F2N/c1-3-18-14(11-5-6-11)9-7-12-13(16)8-4-10(2)15(12)17/h4,8,11,14,18H,3,5-7,9H2,1-2H3. The Morgan fingerprint density at radius 2 is 2.06 bits per heavy atom. The highest BCUT2D eigenvalue weighted by molar-refractivity contribution is 5.26. The molecular weight excluding hydrogens is 232 g/mol. The molecule has 1 nitrogen and oxygen atoms in total. The Kier molecular flexibility index (Phi) is 4.33. The molecule has 2 rings (SSSR count). The SMILES string of the molecule is CCNC(CCc1c(F)ccc(C)c1F)C1CC1. The Bertz CT molecular complexity index is 413. The molecule has 0 bridgehead atoms. The molecule has 0 aliphatic heterocycles. The second-order valence-electron chi connectivity index (χ2n) is 5.20. The molecule has 0 amide bonds. The first-order valence-corrected chi connectivity index (χ1v) is 6.80. The highest BCUT2D eigenvalue weighted by atomic mass is 19.1. The summed E-state index contributed by atoms with van der Waals surface area (Å²) in [6.45, 7) is 4.67. The van der Waals surface area contributed by atoms with Crippen LogP contribution in [0.1, 0.15) is 37.3 Å². The molecule has 1 unspecified atom stereocenters. The van der Waals surface area contributed by atoms with E-state index in [9.17, 15) is 8.78 Å². The van der Waals surface area contributed by atoms with Crippen LogP contribution in [0.3, 0.4) is 0 Å². The van der Waals surface area contributed by atoms with E-state index in [1.165, 1.54) is 25.0 Å². The van der Waals surface area contributed by atoms with Gasteiger partial charge in [0.05, 0.1) is 0 Å². The molecule has 0 aromatic heterocycles. The summed E-state index contributed by atoms with van der Waals surface area (Å²) in [6, 6.07) is 3.28. The van der Waals surface area contributed by atoms with Gasteiger partial charge in [0.25, 0.3) is 0 Å². The van der Waals surface area contributed by atoms with E-state index in [4.69, 9.17) is 0 Å². The monoisotopic (exact) mass is 253 g/mol. The summed E-state index contributed by atoms with van der Waals surface area (Å²) in [7, 11) is 0. The Morgan fingerprint density at radius 1 is 1.33 bits per heavy atom. The van der Waals surface area contributed by atoms with Crippen molar-refractivity contribution in [1.82, 2.24) is 5.32 Å². The molecule has 0 heterocycles. The average molecular weight is 253 g/mol. The maximum absolute atomic E-state index is 13.9. The van der Waals surface area contributed by atoms with Crippen molar-refractivity contribution in [3.63, 3.8) is 0 Å².